The van der Waals surface area contributed by atoms with E-state index in [1.54, 1.807) is 6.92 Å². The van der Waals surface area contributed by atoms with Crippen molar-refractivity contribution in [3.05, 3.63) is 16.0 Å². The first-order chi connectivity index (χ1) is 14.5. The van der Waals surface area contributed by atoms with Gasteiger partial charge in [-0.25, -0.2) is 19.8 Å². The predicted octanol–water partition coefficient (Wildman–Crippen LogP) is 3.74. The van der Waals surface area contributed by atoms with E-state index in [1.807, 2.05) is 34.6 Å². The summed E-state index contributed by atoms with van der Waals surface area (Å²) in [5, 5.41) is 0. The maximum Gasteiger partial charge on any atom is 0.360 e. The van der Waals surface area contributed by atoms with Crippen LogP contribution in [0.5, 0.6) is 0 Å². The number of halogens is 1. The van der Waals surface area contributed by atoms with Crippen LogP contribution < -0.4 is 4.90 Å². The van der Waals surface area contributed by atoms with Crippen LogP contribution in [0.15, 0.2) is 9.60 Å². The maximum absolute atomic E-state index is 12.6. The Morgan fingerprint density at radius 3 is 2.52 bits per heavy atom. The molecule has 1 spiro atoms. The summed E-state index contributed by atoms with van der Waals surface area (Å²) < 4.78 is 11.6. The Morgan fingerprint density at radius 2 is 1.94 bits per heavy atom. The van der Waals surface area contributed by atoms with Crippen LogP contribution in [0, 0.1) is 17.8 Å². The van der Waals surface area contributed by atoms with Crippen LogP contribution in [-0.4, -0.2) is 60.0 Å². The summed E-state index contributed by atoms with van der Waals surface area (Å²) >= 11 is 3.36. The third-order valence-electron chi connectivity index (χ3n) is 5.88. The fourth-order valence-electron chi connectivity index (χ4n) is 3.95. The zero-order chi connectivity index (χ0) is 23.0. The second kappa shape index (κ2) is 8.94. The summed E-state index contributed by atoms with van der Waals surface area (Å²) in [6, 6.07) is 0. The Labute approximate surface area is 192 Å². The number of nitrogens with zero attached hydrogens (tertiary/aromatic N) is 4. The molecular weight excluding hydrogens is 464 g/mol. The molecule has 2 aliphatic rings. The minimum atomic E-state index is -0.531. The minimum absolute atomic E-state index is 0.124. The molecule has 1 aromatic heterocycles. The molecule has 3 rings (SSSR count). The lowest BCUT2D eigenvalue weighted by Gasteiger charge is -2.39. The van der Waals surface area contributed by atoms with E-state index in [2.05, 4.69) is 35.8 Å². The van der Waals surface area contributed by atoms with E-state index >= 15 is 0 Å². The van der Waals surface area contributed by atoms with Crippen molar-refractivity contribution in [3.8, 4) is 0 Å². The van der Waals surface area contributed by atoms with Crippen LogP contribution in [-0.2, 0) is 14.3 Å². The summed E-state index contributed by atoms with van der Waals surface area (Å²) in [6.07, 6.45) is 1.34. The molecule has 0 radical (unpaired) electrons. The first kappa shape index (κ1) is 23.8. The largest absolute Gasteiger partial charge is 0.461 e. The number of rotatable bonds is 3. The Hall–Kier alpha value is -1.87. The molecule has 1 amide bonds. The monoisotopic (exact) mass is 494 g/mol. The highest BCUT2D eigenvalue weighted by Gasteiger charge is 2.48. The van der Waals surface area contributed by atoms with Gasteiger partial charge in [0.05, 0.1) is 30.7 Å². The number of aliphatic imine (C=N–C) groups is 1. The third-order valence-corrected chi connectivity index (χ3v) is 6.64. The van der Waals surface area contributed by atoms with E-state index in [0.717, 1.165) is 18.6 Å². The molecule has 0 N–H and O–H groups in total. The number of aromatic nitrogens is 2. The summed E-state index contributed by atoms with van der Waals surface area (Å²) in [5.74, 6) is -0.0762. The van der Waals surface area contributed by atoms with Gasteiger partial charge in [-0.15, -0.1) is 0 Å². The number of hydrogen-bond acceptors (Lipinski definition) is 7. The van der Waals surface area contributed by atoms with E-state index in [4.69, 9.17) is 9.47 Å². The summed E-state index contributed by atoms with van der Waals surface area (Å²) in [6.45, 7) is 13.3. The average molecular weight is 495 g/mol. The molecule has 2 aliphatic heterocycles. The van der Waals surface area contributed by atoms with Crippen molar-refractivity contribution in [3.63, 3.8) is 0 Å². The molecule has 9 heteroatoms. The van der Waals surface area contributed by atoms with E-state index in [1.165, 1.54) is 0 Å². The highest BCUT2D eigenvalue weighted by molar-refractivity contribution is 9.10. The van der Waals surface area contributed by atoms with Gasteiger partial charge in [-0.05, 0) is 49.5 Å². The number of anilines is 1. The molecule has 0 unspecified atom stereocenters. The lowest BCUT2D eigenvalue weighted by atomic mass is 9.75. The van der Waals surface area contributed by atoms with Crippen molar-refractivity contribution < 1.29 is 19.1 Å². The van der Waals surface area contributed by atoms with Crippen molar-refractivity contribution in [2.24, 2.45) is 15.8 Å². The smallest absolute Gasteiger partial charge is 0.360 e. The predicted molar refractivity (Wildman–Crippen MR) is 122 cm³/mol. The molecule has 8 nitrogen and oxygen atoms in total. The minimum Gasteiger partial charge on any atom is -0.461 e. The molecule has 1 atom stereocenters. The van der Waals surface area contributed by atoms with Crippen LogP contribution in [0.4, 0.5) is 5.82 Å². The van der Waals surface area contributed by atoms with Gasteiger partial charge in [0.2, 0.25) is 0 Å². The van der Waals surface area contributed by atoms with E-state index < -0.39 is 11.4 Å². The van der Waals surface area contributed by atoms with E-state index in [9.17, 15) is 9.59 Å². The molecule has 0 saturated carbocycles. The lowest BCUT2D eigenvalue weighted by molar-refractivity contribution is -0.124. The zero-order valence-corrected chi connectivity index (χ0v) is 20.7. The van der Waals surface area contributed by atoms with E-state index in [-0.39, 0.29) is 29.7 Å². The topological polar surface area (TPSA) is 94.0 Å². The van der Waals surface area contributed by atoms with Gasteiger partial charge in [0.15, 0.2) is 11.5 Å². The molecule has 3 heterocycles. The van der Waals surface area contributed by atoms with Gasteiger partial charge in [0, 0.05) is 23.9 Å². The van der Waals surface area contributed by atoms with Crippen molar-refractivity contribution in [1.29, 1.82) is 0 Å². The van der Waals surface area contributed by atoms with Crippen molar-refractivity contribution in [1.82, 2.24) is 9.97 Å². The highest BCUT2D eigenvalue weighted by atomic mass is 79.9. The van der Waals surface area contributed by atoms with Crippen LogP contribution in [0.1, 0.15) is 63.6 Å². The second-order valence-electron chi connectivity index (χ2n) is 9.27. The Bertz CT molecular complexity index is 902. The molecular formula is C22H31BrN4O4. The number of carbonyl (C=O) groups is 2. The molecule has 0 aliphatic carbocycles. The Morgan fingerprint density at radius 1 is 1.29 bits per heavy atom. The molecule has 31 heavy (non-hydrogen) atoms. The van der Waals surface area contributed by atoms with Gasteiger partial charge in [0.25, 0.3) is 5.91 Å². The molecule has 2 fully saturated rings. The number of piperidine rings is 1. The molecule has 170 valence electrons. The number of aryl methyl sites for hydroxylation is 1. The number of esters is 1. The van der Waals surface area contributed by atoms with Crippen LogP contribution in [0.25, 0.3) is 0 Å². The third kappa shape index (κ3) is 4.82. The van der Waals surface area contributed by atoms with Crippen LogP contribution in [0.2, 0.25) is 0 Å². The van der Waals surface area contributed by atoms with Crippen molar-refractivity contribution in [2.75, 3.05) is 31.2 Å². The van der Waals surface area contributed by atoms with Gasteiger partial charge >= 0.3 is 5.97 Å². The van der Waals surface area contributed by atoms with Crippen molar-refractivity contribution >= 4 is 39.3 Å². The first-order valence-corrected chi connectivity index (χ1v) is 11.5. The normalized spacial score (nSPS) is 22.2. The van der Waals surface area contributed by atoms with Gasteiger partial charge in [-0.2, -0.15) is 0 Å². The summed E-state index contributed by atoms with van der Waals surface area (Å²) in [5.41, 5.74) is 0.966. The lowest BCUT2D eigenvalue weighted by Crippen LogP contribution is -2.46. The maximum atomic E-state index is 12.6. The van der Waals surface area contributed by atoms with Crippen LogP contribution in [0.3, 0.4) is 0 Å². The molecule has 2 saturated heterocycles. The SMILES string of the molecule is CCOC(=O)c1nc(Br)c(C)nc1N1CCC2(CC1)CO[C@@H](C)C2=NC(=O)C(C)(C)C. The van der Waals surface area contributed by atoms with Gasteiger partial charge in [0.1, 0.15) is 4.60 Å². The molecule has 0 aromatic carbocycles. The van der Waals surface area contributed by atoms with Crippen molar-refractivity contribution in [2.45, 2.75) is 60.5 Å². The van der Waals surface area contributed by atoms with Gasteiger partial charge < -0.3 is 14.4 Å². The first-order valence-electron chi connectivity index (χ1n) is 10.7. The zero-order valence-electron chi connectivity index (χ0n) is 19.1. The summed E-state index contributed by atoms with van der Waals surface area (Å²) in [4.78, 5) is 40.7. The number of ether oxygens (including phenoxy) is 2. The van der Waals surface area contributed by atoms with E-state index in [0.29, 0.717) is 35.8 Å². The Kier molecular flexibility index (Phi) is 6.86. The fraction of sp³-hybridized carbons (Fsp3) is 0.682. The summed E-state index contributed by atoms with van der Waals surface area (Å²) in [7, 11) is 0. The number of carbonyl (C=O) groups excluding carboxylic acids is 2. The highest BCUT2D eigenvalue weighted by Crippen LogP contribution is 2.41. The quantitative estimate of drug-likeness (QED) is 0.590. The Balaban J connectivity index is 1.87. The number of hydrogen-bond donors (Lipinski definition) is 0. The second-order valence-corrected chi connectivity index (χ2v) is 10.0. The van der Waals surface area contributed by atoms with Crippen LogP contribution >= 0.6 is 15.9 Å². The van der Waals surface area contributed by atoms with Gasteiger partial charge in [-0.1, -0.05) is 20.8 Å². The number of amides is 1. The fourth-order valence-corrected chi connectivity index (χ4v) is 4.21. The average Bonchev–Trinajstić information content (AvgIpc) is 2.99. The molecule has 0 bridgehead atoms. The molecule has 1 aromatic rings. The van der Waals surface area contributed by atoms with Gasteiger partial charge in [-0.3, -0.25) is 4.79 Å². The standard InChI is InChI=1S/C22H31BrN4O4/c1-7-30-19(28)15-18(24-13(2)17(23)25-15)27-10-8-22(9-11-27)12-31-14(3)16(22)26-20(29)21(4,5)6/h14H,7-12H2,1-6H3/t14-/m0/s1.